The van der Waals surface area contributed by atoms with E-state index in [9.17, 15) is 14.0 Å². The first kappa shape index (κ1) is 17.7. The van der Waals surface area contributed by atoms with Crippen molar-refractivity contribution in [2.75, 3.05) is 44.2 Å². The van der Waals surface area contributed by atoms with Crippen LogP contribution >= 0.6 is 0 Å². The van der Waals surface area contributed by atoms with Crippen LogP contribution in [0.15, 0.2) is 24.3 Å². The molecule has 1 aromatic rings. The van der Waals surface area contributed by atoms with Crippen LogP contribution in [-0.4, -0.2) is 62.0 Å². The van der Waals surface area contributed by atoms with Crippen molar-refractivity contribution in [3.05, 3.63) is 30.1 Å². The molecule has 1 heterocycles. The lowest BCUT2D eigenvalue weighted by Gasteiger charge is -2.36. The highest BCUT2D eigenvalue weighted by Gasteiger charge is 2.26. The zero-order chi connectivity index (χ0) is 17.6. The molecule has 2 N–H and O–H groups in total. The molecule has 136 valence electrons. The molecule has 1 aliphatic carbocycles. The van der Waals surface area contributed by atoms with E-state index in [-0.39, 0.29) is 11.9 Å². The van der Waals surface area contributed by atoms with E-state index in [1.54, 1.807) is 6.07 Å². The Morgan fingerprint density at radius 1 is 1.08 bits per heavy atom. The summed E-state index contributed by atoms with van der Waals surface area (Å²) in [5.41, 5.74) is 0.663. The predicted molar refractivity (Wildman–Crippen MR) is 93.8 cm³/mol. The van der Waals surface area contributed by atoms with Crippen LogP contribution in [0.25, 0.3) is 0 Å². The number of para-hydroxylation sites is 1. The van der Waals surface area contributed by atoms with Crippen LogP contribution in [0, 0.1) is 5.82 Å². The molecule has 6 nitrogen and oxygen atoms in total. The fourth-order valence-corrected chi connectivity index (χ4v) is 2.98. The lowest BCUT2D eigenvalue weighted by Crippen LogP contribution is -2.47. The number of hydrogen-bond acceptors (Lipinski definition) is 4. The van der Waals surface area contributed by atoms with Gasteiger partial charge >= 0.3 is 11.8 Å². The third-order valence-corrected chi connectivity index (χ3v) is 4.62. The number of benzene rings is 1. The number of carbonyl (C=O) groups excluding carboxylic acids is 2. The molecule has 2 amide bonds. The van der Waals surface area contributed by atoms with Crippen LogP contribution in [0.1, 0.15) is 19.3 Å². The van der Waals surface area contributed by atoms with E-state index in [1.165, 1.54) is 6.07 Å². The SMILES string of the molecule is O=C(NCCCN1CCN(c2ccccc2F)CC1)C(=O)NC1CC1. The van der Waals surface area contributed by atoms with Gasteiger partial charge in [0.1, 0.15) is 5.82 Å². The van der Waals surface area contributed by atoms with Gasteiger partial charge in [-0.3, -0.25) is 14.5 Å². The molecule has 0 spiro atoms. The maximum atomic E-state index is 13.8. The summed E-state index contributed by atoms with van der Waals surface area (Å²) >= 11 is 0. The van der Waals surface area contributed by atoms with Crippen molar-refractivity contribution < 1.29 is 14.0 Å². The summed E-state index contributed by atoms with van der Waals surface area (Å²) in [6, 6.07) is 7.06. The first-order valence-electron chi connectivity index (χ1n) is 8.94. The Kier molecular flexibility index (Phi) is 5.86. The largest absolute Gasteiger partial charge is 0.367 e. The molecular weight excluding hydrogens is 323 g/mol. The van der Waals surface area contributed by atoms with Gasteiger partial charge in [-0.2, -0.15) is 0 Å². The van der Waals surface area contributed by atoms with E-state index in [0.717, 1.165) is 52.0 Å². The fourth-order valence-electron chi connectivity index (χ4n) is 2.98. The number of carbonyl (C=O) groups is 2. The van der Waals surface area contributed by atoms with E-state index < -0.39 is 11.8 Å². The minimum Gasteiger partial charge on any atom is -0.367 e. The van der Waals surface area contributed by atoms with Gasteiger partial charge in [0.2, 0.25) is 0 Å². The molecular formula is C18H25FN4O2. The van der Waals surface area contributed by atoms with Crippen molar-refractivity contribution in [2.24, 2.45) is 0 Å². The van der Waals surface area contributed by atoms with Crippen LogP contribution in [0.3, 0.4) is 0 Å². The molecule has 7 heteroatoms. The van der Waals surface area contributed by atoms with Gasteiger partial charge in [-0.1, -0.05) is 12.1 Å². The molecule has 2 aliphatic rings. The van der Waals surface area contributed by atoms with Crippen molar-refractivity contribution in [1.82, 2.24) is 15.5 Å². The number of amides is 2. The van der Waals surface area contributed by atoms with Crippen molar-refractivity contribution in [3.63, 3.8) is 0 Å². The number of hydrogen-bond donors (Lipinski definition) is 2. The first-order valence-corrected chi connectivity index (χ1v) is 8.94. The van der Waals surface area contributed by atoms with Gasteiger partial charge in [-0.05, 0) is 37.9 Å². The molecule has 0 atom stereocenters. The van der Waals surface area contributed by atoms with E-state index in [1.807, 2.05) is 12.1 Å². The fraction of sp³-hybridized carbons (Fsp3) is 0.556. The Morgan fingerprint density at radius 3 is 2.48 bits per heavy atom. The lowest BCUT2D eigenvalue weighted by molar-refractivity contribution is -0.139. The smallest absolute Gasteiger partial charge is 0.309 e. The summed E-state index contributed by atoms with van der Waals surface area (Å²) in [4.78, 5) is 27.5. The molecule has 2 fully saturated rings. The van der Waals surface area contributed by atoms with Crippen LogP contribution in [0.2, 0.25) is 0 Å². The summed E-state index contributed by atoms with van der Waals surface area (Å²) < 4.78 is 13.8. The molecule has 0 bridgehead atoms. The van der Waals surface area contributed by atoms with Gasteiger partial charge in [-0.15, -0.1) is 0 Å². The van der Waals surface area contributed by atoms with E-state index in [2.05, 4.69) is 20.4 Å². The molecule has 25 heavy (non-hydrogen) atoms. The molecule has 1 saturated carbocycles. The highest BCUT2D eigenvalue weighted by atomic mass is 19.1. The molecule has 1 aliphatic heterocycles. The Balaban J connectivity index is 1.31. The number of piperazine rings is 1. The van der Waals surface area contributed by atoms with Gasteiger partial charge in [0.15, 0.2) is 0 Å². The Bertz CT molecular complexity index is 613. The summed E-state index contributed by atoms with van der Waals surface area (Å²) in [5.74, 6) is -1.25. The third kappa shape index (κ3) is 5.16. The second-order valence-corrected chi connectivity index (χ2v) is 6.64. The average Bonchev–Trinajstić information content (AvgIpc) is 3.43. The number of rotatable bonds is 6. The Hall–Kier alpha value is -2.15. The number of nitrogens with zero attached hydrogens (tertiary/aromatic N) is 2. The highest BCUT2D eigenvalue weighted by molar-refractivity contribution is 6.35. The predicted octanol–water partition coefficient (Wildman–Crippen LogP) is 0.733. The molecule has 1 aromatic carbocycles. The molecule has 0 radical (unpaired) electrons. The quantitative estimate of drug-likeness (QED) is 0.588. The first-order chi connectivity index (χ1) is 12.1. The second-order valence-electron chi connectivity index (χ2n) is 6.64. The van der Waals surface area contributed by atoms with Crippen molar-refractivity contribution in [3.8, 4) is 0 Å². The molecule has 0 unspecified atom stereocenters. The summed E-state index contributed by atoms with van der Waals surface area (Å²) in [6.07, 6.45) is 2.73. The molecule has 1 saturated heterocycles. The summed E-state index contributed by atoms with van der Waals surface area (Å²) in [7, 11) is 0. The van der Waals surface area contributed by atoms with Gasteiger partial charge < -0.3 is 15.5 Å². The topological polar surface area (TPSA) is 64.7 Å². The monoisotopic (exact) mass is 348 g/mol. The van der Waals surface area contributed by atoms with Crippen LogP contribution < -0.4 is 15.5 Å². The Morgan fingerprint density at radius 2 is 1.80 bits per heavy atom. The number of nitrogens with one attached hydrogen (secondary N) is 2. The standard InChI is InChI=1S/C18H25FN4O2/c19-15-4-1-2-5-16(15)23-12-10-22(11-13-23)9-3-8-20-17(24)18(25)21-14-6-7-14/h1-2,4-5,14H,3,6-13H2,(H,20,24)(H,21,25). The van der Waals surface area contributed by atoms with E-state index in [0.29, 0.717) is 12.2 Å². The minimum atomic E-state index is -0.545. The van der Waals surface area contributed by atoms with Crippen molar-refractivity contribution in [2.45, 2.75) is 25.3 Å². The summed E-state index contributed by atoms with van der Waals surface area (Å²) in [5, 5.41) is 5.33. The zero-order valence-electron chi connectivity index (χ0n) is 14.3. The van der Waals surface area contributed by atoms with Gasteiger partial charge in [-0.25, -0.2) is 4.39 Å². The zero-order valence-corrected chi connectivity index (χ0v) is 14.3. The van der Waals surface area contributed by atoms with Crippen LogP contribution in [0.5, 0.6) is 0 Å². The van der Waals surface area contributed by atoms with E-state index >= 15 is 0 Å². The maximum Gasteiger partial charge on any atom is 0.309 e. The number of anilines is 1. The van der Waals surface area contributed by atoms with Gasteiger partial charge in [0.05, 0.1) is 5.69 Å². The third-order valence-electron chi connectivity index (χ3n) is 4.62. The van der Waals surface area contributed by atoms with Crippen molar-refractivity contribution in [1.29, 1.82) is 0 Å². The Labute approximate surface area is 147 Å². The second kappa shape index (κ2) is 8.29. The van der Waals surface area contributed by atoms with Crippen LogP contribution in [-0.2, 0) is 9.59 Å². The van der Waals surface area contributed by atoms with E-state index in [4.69, 9.17) is 0 Å². The lowest BCUT2D eigenvalue weighted by atomic mass is 10.2. The normalized spacial score (nSPS) is 18.0. The van der Waals surface area contributed by atoms with Gasteiger partial charge in [0.25, 0.3) is 0 Å². The maximum absolute atomic E-state index is 13.8. The van der Waals surface area contributed by atoms with Crippen molar-refractivity contribution >= 4 is 17.5 Å². The molecule has 0 aromatic heterocycles. The highest BCUT2D eigenvalue weighted by Crippen LogP contribution is 2.20. The summed E-state index contributed by atoms with van der Waals surface area (Å²) in [6.45, 7) is 4.66. The van der Waals surface area contributed by atoms with Crippen LogP contribution in [0.4, 0.5) is 10.1 Å². The number of halogens is 1. The molecule has 3 rings (SSSR count). The minimum absolute atomic E-state index is 0.178. The average molecular weight is 348 g/mol. The van der Waals surface area contributed by atoms with Gasteiger partial charge in [0, 0.05) is 38.8 Å².